The van der Waals surface area contributed by atoms with Crippen LogP contribution in [0.2, 0.25) is 5.02 Å². The molecule has 1 aromatic carbocycles. The van der Waals surface area contributed by atoms with Crippen LogP contribution in [-0.2, 0) is 6.54 Å². The summed E-state index contributed by atoms with van der Waals surface area (Å²) in [5.74, 6) is 2.76. The van der Waals surface area contributed by atoms with Crippen LogP contribution in [0.3, 0.4) is 0 Å². The fourth-order valence-corrected chi connectivity index (χ4v) is 2.53. The van der Waals surface area contributed by atoms with Crippen molar-refractivity contribution in [2.45, 2.75) is 32.9 Å². The second-order valence-corrected chi connectivity index (χ2v) is 5.84. The Morgan fingerprint density at radius 1 is 1.43 bits per heavy atom. The maximum atomic E-state index is 6.28. The molecule has 1 saturated carbocycles. The molecule has 5 nitrogen and oxygen atoms in total. The summed E-state index contributed by atoms with van der Waals surface area (Å²) in [5.41, 5.74) is 1.01. The van der Waals surface area contributed by atoms with Crippen molar-refractivity contribution in [1.82, 2.24) is 10.6 Å². The van der Waals surface area contributed by atoms with Crippen LogP contribution in [0.25, 0.3) is 0 Å². The largest absolute Gasteiger partial charge is 0.493 e. The summed E-state index contributed by atoms with van der Waals surface area (Å²) < 4.78 is 10.9. The Hall–Kier alpha value is -0.890. The van der Waals surface area contributed by atoms with Gasteiger partial charge in [-0.2, -0.15) is 0 Å². The van der Waals surface area contributed by atoms with E-state index in [0.717, 1.165) is 17.4 Å². The first-order valence-electron chi connectivity index (χ1n) is 7.55. The van der Waals surface area contributed by atoms with Gasteiger partial charge in [0, 0.05) is 19.6 Å². The van der Waals surface area contributed by atoms with E-state index in [0.29, 0.717) is 35.7 Å². The van der Waals surface area contributed by atoms with E-state index in [1.165, 1.54) is 6.42 Å². The van der Waals surface area contributed by atoms with Crippen molar-refractivity contribution in [3.63, 3.8) is 0 Å². The highest BCUT2D eigenvalue weighted by atomic mass is 127. The third kappa shape index (κ3) is 5.60. The number of ether oxygens (including phenoxy) is 2. The lowest BCUT2D eigenvalue weighted by molar-refractivity contribution is 0.311. The normalized spacial score (nSPS) is 19.6. The van der Waals surface area contributed by atoms with Crippen LogP contribution in [-0.4, -0.2) is 32.8 Å². The van der Waals surface area contributed by atoms with Gasteiger partial charge in [-0.1, -0.05) is 18.5 Å². The highest BCUT2D eigenvalue weighted by Crippen LogP contribution is 2.36. The van der Waals surface area contributed by atoms with Crippen molar-refractivity contribution in [3.05, 3.63) is 22.7 Å². The summed E-state index contributed by atoms with van der Waals surface area (Å²) in [6, 6.07) is 4.34. The van der Waals surface area contributed by atoms with E-state index >= 15 is 0 Å². The SMILES string of the molecule is CCOc1c(Cl)cc(CNC(=NC)NC2CC2C)cc1OC.I. The molecule has 0 heterocycles. The van der Waals surface area contributed by atoms with Crippen LogP contribution in [0.5, 0.6) is 11.5 Å². The van der Waals surface area contributed by atoms with E-state index in [1.807, 2.05) is 19.1 Å². The van der Waals surface area contributed by atoms with Crippen LogP contribution in [0, 0.1) is 5.92 Å². The highest BCUT2D eigenvalue weighted by Gasteiger charge is 2.33. The summed E-state index contributed by atoms with van der Waals surface area (Å²) in [6.45, 7) is 5.30. The second-order valence-electron chi connectivity index (χ2n) is 5.43. The summed E-state index contributed by atoms with van der Waals surface area (Å²) in [4.78, 5) is 4.24. The zero-order chi connectivity index (χ0) is 16.1. The molecular formula is C16H25ClIN3O2. The Balaban J connectivity index is 0.00000264. The Bertz CT molecular complexity index is 554. The average molecular weight is 454 g/mol. The summed E-state index contributed by atoms with van der Waals surface area (Å²) >= 11 is 6.28. The van der Waals surface area contributed by atoms with E-state index in [4.69, 9.17) is 21.1 Å². The van der Waals surface area contributed by atoms with Gasteiger partial charge in [-0.15, -0.1) is 24.0 Å². The molecule has 0 saturated heterocycles. The van der Waals surface area contributed by atoms with Gasteiger partial charge in [0.25, 0.3) is 0 Å². The van der Waals surface area contributed by atoms with Gasteiger partial charge in [-0.3, -0.25) is 4.99 Å². The second kappa shape index (κ2) is 9.42. The Labute approximate surface area is 160 Å². The van der Waals surface area contributed by atoms with Crippen molar-refractivity contribution in [1.29, 1.82) is 0 Å². The molecule has 0 aromatic heterocycles. The van der Waals surface area contributed by atoms with Gasteiger partial charge in [0.2, 0.25) is 0 Å². The van der Waals surface area contributed by atoms with Crippen molar-refractivity contribution in [3.8, 4) is 11.5 Å². The lowest BCUT2D eigenvalue weighted by Crippen LogP contribution is -2.38. The molecule has 2 rings (SSSR count). The summed E-state index contributed by atoms with van der Waals surface area (Å²) in [7, 11) is 3.38. The quantitative estimate of drug-likeness (QED) is 0.394. The molecule has 2 unspecified atom stereocenters. The minimum Gasteiger partial charge on any atom is -0.493 e. The molecule has 0 bridgehead atoms. The first-order chi connectivity index (χ1) is 10.6. The van der Waals surface area contributed by atoms with E-state index in [-0.39, 0.29) is 24.0 Å². The topological polar surface area (TPSA) is 54.9 Å². The molecule has 7 heteroatoms. The molecule has 1 fully saturated rings. The van der Waals surface area contributed by atoms with Gasteiger partial charge >= 0.3 is 0 Å². The van der Waals surface area contributed by atoms with Gasteiger partial charge in [-0.25, -0.2) is 0 Å². The third-order valence-corrected chi connectivity index (χ3v) is 3.97. The number of guanidine groups is 1. The van der Waals surface area contributed by atoms with Crippen LogP contribution in [0.4, 0.5) is 0 Å². The van der Waals surface area contributed by atoms with Gasteiger partial charge in [-0.05, 0) is 37.0 Å². The minimum atomic E-state index is 0. The highest BCUT2D eigenvalue weighted by molar-refractivity contribution is 14.0. The van der Waals surface area contributed by atoms with Crippen molar-refractivity contribution >= 4 is 41.5 Å². The van der Waals surface area contributed by atoms with E-state index < -0.39 is 0 Å². The third-order valence-electron chi connectivity index (χ3n) is 3.69. The van der Waals surface area contributed by atoms with Gasteiger partial charge in [0.05, 0.1) is 18.7 Å². The van der Waals surface area contributed by atoms with Crippen LogP contribution >= 0.6 is 35.6 Å². The van der Waals surface area contributed by atoms with Crippen molar-refractivity contribution < 1.29 is 9.47 Å². The molecule has 0 spiro atoms. The molecule has 1 aromatic rings. The summed E-state index contributed by atoms with van der Waals surface area (Å²) in [5, 5.41) is 7.23. The molecule has 2 atom stereocenters. The molecule has 0 amide bonds. The monoisotopic (exact) mass is 453 g/mol. The van der Waals surface area contributed by atoms with Gasteiger partial charge < -0.3 is 20.1 Å². The Kier molecular flexibility index (Phi) is 8.25. The number of nitrogens with zero attached hydrogens (tertiary/aromatic N) is 1. The standard InChI is InChI=1S/C16H24ClN3O2.HI/c1-5-22-15-12(17)7-11(8-14(15)21-4)9-19-16(18-3)20-13-6-10(13)2;/h7-8,10,13H,5-6,9H2,1-4H3,(H2,18,19,20);1H. The zero-order valence-electron chi connectivity index (χ0n) is 14.0. The molecule has 1 aliphatic carbocycles. The first kappa shape index (κ1) is 20.2. The Morgan fingerprint density at radius 3 is 2.65 bits per heavy atom. The molecular weight excluding hydrogens is 429 g/mol. The number of halogens is 2. The number of nitrogens with one attached hydrogen (secondary N) is 2. The zero-order valence-corrected chi connectivity index (χ0v) is 17.1. The first-order valence-corrected chi connectivity index (χ1v) is 7.93. The lowest BCUT2D eigenvalue weighted by atomic mass is 10.2. The van der Waals surface area contributed by atoms with E-state index in [2.05, 4.69) is 22.5 Å². The van der Waals surface area contributed by atoms with E-state index in [9.17, 15) is 0 Å². The van der Waals surface area contributed by atoms with Gasteiger partial charge in [0.1, 0.15) is 0 Å². The number of hydrogen-bond donors (Lipinski definition) is 2. The number of benzene rings is 1. The number of rotatable bonds is 6. The van der Waals surface area contributed by atoms with Crippen molar-refractivity contribution in [2.75, 3.05) is 20.8 Å². The predicted molar refractivity (Wildman–Crippen MR) is 105 cm³/mol. The van der Waals surface area contributed by atoms with E-state index in [1.54, 1.807) is 14.2 Å². The number of hydrogen-bond acceptors (Lipinski definition) is 3. The Morgan fingerprint density at radius 2 is 2.13 bits per heavy atom. The lowest BCUT2D eigenvalue weighted by Gasteiger charge is -2.15. The smallest absolute Gasteiger partial charge is 0.191 e. The molecule has 0 aliphatic heterocycles. The number of methoxy groups -OCH3 is 1. The molecule has 1 aliphatic rings. The van der Waals surface area contributed by atoms with Crippen LogP contribution < -0.4 is 20.1 Å². The maximum absolute atomic E-state index is 6.28. The molecule has 130 valence electrons. The maximum Gasteiger partial charge on any atom is 0.191 e. The molecule has 0 radical (unpaired) electrons. The number of aliphatic imine (C=N–C) groups is 1. The van der Waals surface area contributed by atoms with Crippen LogP contribution in [0.15, 0.2) is 17.1 Å². The molecule has 2 N–H and O–H groups in total. The predicted octanol–water partition coefficient (Wildman–Crippen LogP) is 3.44. The summed E-state index contributed by atoms with van der Waals surface area (Å²) in [6.07, 6.45) is 1.20. The van der Waals surface area contributed by atoms with Gasteiger partial charge in [0.15, 0.2) is 17.5 Å². The molecule has 23 heavy (non-hydrogen) atoms. The van der Waals surface area contributed by atoms with Crippen LogP contribution in [0.1, 0.15) is 25.8 Å². The van der Waals surface area contributed by atoms with Crippen molar-refractivity contribution in [2.24, 2.45) is 10.9 Å². The average Bonchev–Trinajstić information content (AvgIpc) is 3.20. The fraction of sp³-hybridized carbons (Fsp3) is 0.562. The minimum absolute atomic E-state index is 0. The fourth-order valence-electron chi connectivity index (χ4n) is 2.24.